The van der Waals surface area contributed by atoms with Gasteiger partial charge in [0, 0.05) is 32.7 Å². The molecule has 16 heavy (non-hydrogen) atoms. The number of nitrogens with zero attached hydrogens (tertiary/aromatic N) is 1. The SMILES string of the molecule is CCCOP(=O)(CCN)ON1CCNCC1. The fourth-order valence-electron chi connectivity index (χ4n) is 1.42. The maximum atomic E-state index is 12.3. The van der Waals surface area contributed by atoms with Gasteiger partial charge in [0.25, 0.3) is 0 Å². The highest BCUT2D eigenvalue weighted by Crippen LogP contribution is 2.48. The van der Waals surface area contributed by atoms with E-state index in [0.29, 0.717) is 13.2 Å². The van der Waals surface area contributed by atoms with E-state index in [1.54, 1.807) is 5.06 Å². The minimum atomic E-state index is -3.03. The van der Waals surface area contributed by atoms with Crippen molar-refractivity contribution in [3.63, 3.8) is 0 Å². The lowest BCUT2D eigenvalue weighted by atomic mass is 10.4. The lowest BCUT2D eigenvalue weighted by Gasteiger charge is -2.29. The molecule has 1 rings (SSSR count). The van der Waals surface area contributed by atoms with Gasteiger partial charge in [0.1, 0.15) is 0 Å². The van der Waals surface area contributed by atoms with Crippen LogP contribution < -0.4 is 11.1 Å². The Morgan fingerprint density at radius 3 is 2.69 bits per heavy atom. The van der Waals surface area contributed by atoms with Crippen molar-refractivity contribution in [1.82, 2.24) is 10.4 Å². The Hall–Kier alpha value is 0.0300. The second kappa shape index (κ2) is 7.37. The number of nitrogens with two attached hydrogens (primary N) is 1. The number of hydrogen-bond donors (Lipinski definition) is 2. The normalized spacial score (nSPS) is 21.9. The van der Waals surface area contributed by atoms with Crippen molar-refractivity contribution >= 4 is 7.60 Å². The number of rotatable bonds is 7. The summed E-state index contributed by atoms with van der Waals surface area (Å²) in [6, 6.07) is 0. The average molecular weight is 251 g/mol. The molecule has 0 saturated carbocycles. The van der Waals surface area contributed by atoms with Gasteiger partial charge in [-0.2, -0.15) is 5.06 Å². The zero-order valence-corrected chi connectivity index (χ0v) is 10.7. The Labute approximate surface area is 96.9 Å². The molecule has 0 aromatic carbocycles. The second-order valence-electron chi connectivity index (χ2n) is 3.72. The number of nitrogens with one attached hydrogen (secondary N) is 1. The second-order valence-corrected chi connectivity index (χ2v) is 5.81. The zero-order chi connectivity index (χ0) is 11.9. The summed E-state index contributed by atoms with van der Waals surface area (Å²) in [6.07, 6.45) is 1.09. The van der Waals surface area contributed by atoms with Gasteiger partial charge in [0.05, 0.1) is 12.8 Å². The van der Waals surface area contributed by atoms with Crippen LogP contribution in [0.3, 0.4) is 0 Å². The van der Waals surface area contributed by atoms with E-state index in [1.165, 1.54) is 0 Å². The van der Waals surface area contributed by atoms with Crippen LogP contribution in [0.4, 0.5) is 0 Å². The number of hydrogen-bond acceptors (Lipinski definition) is 6. The monoisotopic (exact) mass is 251 g/mol. The summed E-state index contributed by atoms with van der Waals surface area (Å²) in [5.41, 5.74) is 5.43. The molecule has 1 unspecified atom stereocenters. The molecule has 0 bridgehead atoms. The topological polar surface area (TPSA) is 76.8 Å². The molecule has 1 heterocycles. The maximum Gasteiger partial charge on any atom is 0.348 e. The predicted molar refractivity (Wildman–Crippen MR) is 63.3 cm³/mol. The van der Waals surface area contributed by atoms with Gasteiger partial charge in [-0.3, -0.25) is 4.57 Å². The van der Waals surface area contributed by atoms with Crippen molar-refractivity contribution in [3.8, 4) is 0 Å². The Morgan fingerprint density at radius 2 is 2.12 bits per heavy atom. The molecule has 1 atom stereocenters. The molecular formula is C9H22N3O3P. The Morgan fingerprint density at radius 1 is 1.44 bits per heavy atom. The molecule has 7 heteroatoms. The Kier molecular flexibility index (Phi) is 6.49. The van der Waals surface area contributed by atoms with Gasteiger partial charge in [-0.15, -0.1) is 0 Å². The van der Waals surface area contributed by atoms with Gasteiger partial charge in [-0.05, 0) is 6.42 Å². The van der Waals surface area contributed by atoms with Crippen molar-refractivity contribution in [2.75, 3.05) is 45.5 Å². The summed E-state index contributed by atoms with van der Waals surface area (Å²) in [6.45, 7) is 5.87. The van der Waals surface area contributed by atoms with Gasteiger partial charge in [0.2, 0.25) is 0 Å². The highest BCUT2D eigenvalue weighted by Gasteiger charge is 2.28. The first-order valence-electron chi connectivity index (χ1n) is 5.79. The van der Waals surface area contributed by atoms with Crippen LogP contribution >= 0.6 is 7.60 Å². The smallest absolute Gasteiger partial charge is 0.330 e. The molecule has 0 radical (unpaired) electrons. The van der Waals surface area contributed by atoms with E-state index in [-0.39, 0.29) is 6.16 Å². The van der Waals surface area contributed by atoms with Crippen LogP contribution in [0.2, 0.25) is 0 Å². The first kappa shape index (κ1) is 14.1. The van der Waals surface area contributed by atoms with E-state index in [2.05, 4.69) is 5.32 Å². The van der Waals surface area contributed by atoms with Crippen LogP contribution in [0.25, 0.3) is 0 Å². The molecule has 0 spiro atoms. The molecule has 6 nitrogen and oxygen atoms in total. The summed E-state index contributed by atoms with van der Waals surface area (Å²) in [5, 5.41) is 4.91. The summed E-state index contributed by atoms with van der Waals surface area (Å²) < 4.78 is 23.0. The van der Waals surface area contributed by atoms with E-state index in [9.17, 15) is 4.57 Å². The number of piperazine rings is 1. The highest BCUT2D eigenvalue weighted by molar-refractivity contribution is 7.53. The molecule has 0 amide bonds. The zero-order valence-electron chi connectivity index (χ0n) is 9.85. The lowest BCUT2D eigenvalue weighted by Crippen LogP contribution is -2.43. The highest BCUT2D eigenvalue weighted by atomic mass is 31.2. The minimum absolute atomic E-state index is 0.275. The molecule has 1 saturated heterocycles. The number of hydroxylamine groups is 2. The summed E-state index contributed by atoms with van der Waals surface area (Å²) in [7, 11) is -3.03. The molecule has 1 fully saturated rings. The average Bonchev–Trinajstić information content (AvgIpc) is 2.28. The van der Waals surface area contributed by atoms with Gasteiger partial charge in [-0.1, -0.05) is 6.92 Å². The fourth-order valence-corrected chi connectivity index (χ4v) is 2.97. The van der Waals surface area contributed by atoms with Crippen LogP contribution in [0.1, 0.15) is 13.3 Å². The van der Waals surface area contributed by atoms with Gasteiger partial charge in [0.15, 0.2) is 0 Å². The van der Waals surface area contributed by atoms with Gasteiger partial charge >= 0.3 is 7.60 Å². The predicted octanol–water partition coefficient (Wildman–Crippen LogP) is 0.402. The van der Waals surface area contributed by atoms with E-state index < -0.39 is 7.60 Å². The fraction of sp³-hybridized carbons (Fsp3) is 1.00. The molecule has 0 aromatic rings. The van der Waals surface area contributed by atoms with Crippen LogP contribution in [0.5, 0.6) is 0 Å². The van der Waals surface area contributed by atoms with Crippen LogP contribution in [-0.2, 0) is 13.7 Å². The maximum absolute atomic E-state index is 12.3. The van der Waals surface area contributed by atoms with Crippen LogP contribution in [0, 0.1) is 0 Å². The first-order valence-corrected chi connectivity index (χ1v) is 7.52. The van der Waals surface area contributed by atoms with Gasteiger partial charge in [-0.25, -0.2) is 4.62 Å². The third-order valence-corrected chi connectivity index (χ3v) is 4.07. The molecule has 96 valence electrons. The molecule has 0 aromatic heterocycles. The quantitative estimate of drug-likeness (QED) is 0.638. The standard InChI is InChI=1S/C9H22N3O3P/c1-2-8-14-16(13,9-3-10)15-12-6-4-11-5-7-12/h11H,2-10H2,1H3. The summed E-state index contributed by atoms with van der Waals surface area (Å²) in [5.74, 6) is 0. The molecule has 1 aliphatic heterocycles. The van der Waals surface area contributed by atoms with Crippen molar-refractivity contribution in [2.45, 2.75) is 13.3 Å². The van der Waals surface area contributed by atoms with E-state index in [1.807, 2.05) is 6.92 Å². The molecule has 1 aliphatic rings. The van der Waals surface area contributed by atoms with Crippen molar-refractivity contribution in [1.29, 1.82) is 0 Å². The Bertz CT molecular complexity index is 234. The third kappa shape index (κ3) is 4.91. The first-order chi connectivity index (χ1) is 7.70. The van der Waals surface area contributed by atoms with Crippen LogP contribution in [-0.4, -0.2) is 50.6 Å². The molecular weight excluding hydrogens is 229 g/mol. The van der Waals surface area contributed by atoms with E-state index in [0.717, 1.165) is 32.6 Å². The van der Waals surface area contributed by atoms with Crippen molar-refractivity contribution in [2.24, 2.45) is 5.73 Å². The largest absolute Gasteiger partial charge is 0.348 e. The minimum Gasteiger partial charge on any atom is -0.330 e. The van der Waals surface area contributed by atoms with Gasteiger partial charge < -0.3 is 15.6 Å². The van der Waals surface area contributed by atoms with E-state index in [4.69, 9.17) is 14.9 Å². The molecule has 3 N–H and O–H groups in total. The van der Waals surface area contributed by atoms with Crippen molar-refractivity contribution in [3.05, 3.63) is 0 Å². The lowest BCUT2D eigenvalue weighted by molar-refractivity contribution is -0.0786. The summed E-state index contributed by atoms with van der Waals surface area (Å²) >= 11 is 0. The molecule has 0 aliphatic carbocycles. The summed E-state index contributed by atoms with van der Waals surface area (Å²) in [4.78, 5) is 0. The van der Waals surface area contributed by atoms with E-state index >= 15 is 0 Å². The Balaban J connectivity index is 2.44. The van der Waals surface area contributed by atoms with Crippen molar-refractivity contribution < 1.29 is 13.7 Å². The third-order valence-electron chi connectivity index (χ3n) is 2.21. The van der Waals surface area contributed by atoms with Crippen LogP contribution in [0.15, 0.2) is 0 Å².